The summed E-state index contributed by atoms with van der Waals surface area (Å²) in [5.74, 6) is -0.565. The lowest BCUT2D eigenvalue weighted by Gasteiger charge is -2.30. The Balaban J connectivity index is 2.06. The second kappa shape index (κ2) is 7.95. The fraction of sp³-hybridized carbons (Fsp3) is 0.316. The van der Waals surface area contributed by atoms with E-state index in [2.05, 4.69) is 0 Å². The van der Waals surface area contributed by atoms with E-state index in [0.717, 1.165) is 5.56 Å². The monoisotopic (exact) mass is 330 g/mol. The molecule has 0 saturated heterocycles. The predicted octanol–water partition coefficient (Wildman–Crippen LogP) is 3.18. The summed E-state index contributed by atoms with van der Waals surface area (Å²) in [5.41, 5.74) is -0.182. The number of carboxylic acids is 1. The minimum absolute atomic E-state index is 0.193. The summed E-state index contributed by atoms with van der Waals surface area (Å²) in [6.45, 7) is 3.68. The number of ether oxygens (including phenoxy) is 2. The number of hydrogen-bond acceptors (Lipinski definition) is 4. The average molecular weight is 330 g/mol. The van der Waals surface area contributed by atoms with Crippen molar-refractivity contribution in [2.24, 2.45) is 0 Å². The van der Waals surface area contributed by atoms with E-state index < -0.39 is 17.7 Å². The highest BCUT2D eigenvalue weighted by Gasteiger charge is 2.42. The molecule has 0 heterocycles. The number of benzene rings is 2. The highest BCUT2D eigenvalue weighted by Crippen LogP contribution is 2.30. The standard InChI is InChI=1S/C19H22O5/c1-3-24-19(2,18(21)22)17(20)15-9-11-16(12-10-15)23-13-14-7-5-4-6-8-14/h4-12,17,20H,3,13H2,1-2H3,(H,21,22). The molecule has 2 aromatic rings. The lowest BCUT2D eigenvalue weighted by Crippen LogP contribution is -2.44. The topological polar surface area (TPSA) is 76.0 Å². The van der Waals surface area contributed by atoms with Crippen LogP contribution < -0.4 is 4.74 Å². The van der Waals surface area contributed by atoms with Crippen LogP contribution >= 0.6 is 0 Å². The molecule has 2 aromatic carbocycles. The number of carboxylic acid groups (broad SMARTS) is 1. The first-order valence-electron chi connectivity index (χ1n) is 7.79. The predicted molar refractivity (Wildman–Crippen MR) is 89.8 cm³/mol. The molecule has 0 saturated carbocycles. The van der Waals surface area contributed by atoms with Gasteiger partial charge in [0, 0.05) is 6.61 Å². The van der Waals surface area contributed by atoms with Gasteiger partial charge in [0.25, 0.3) is 0 Å². The van der Waals surface area contributed by atoms with Crippen molar-refractivity contribution in [1.29, 1.82) is 0 Å². The number of hydrogen-bond donors (Lipinski definition) is 2. The van der Waals surface area contributed by atoms with E-state index in [1.807, 2.05) is 30.3 Å². The highest BCUT2D eigenvalue weighted by atomic mass is 16.5. The van der Waals surface area contributed by atoms with Crippen molar-refractivity contribution < 1.29 is 24.5 Å². The molecule has 0 spiro atoms. The van der Waals surface area contributed by atoms with Crippen LogP contribution in [0, 0.1) is 0 Å². The summed E-state index contributed by atoms with van der Waals surface area (Å²) < 4.78 is 10.9. The van der Waals surface area contributed by atoms with Crippen LogP contribution in [0.15, 0.2) is 54.6 Å². The van der Waals surface area contributed by atoms with Gasteiger partial charge in [-0.25, -0.2) is 4.79 Å². The minimum Gasteiger partial charge on any atom is -0.489 e. The van der Waals surface area contributed by atoms with Crippen molar-refractivity contribution in [3.8, 4) is 5.75 Å². The summed E-state index contributed by atoms with van der Waals surface area (Å²) in [4.78, 5) is 11.4. The SMILES string of the molecule is CCOC(C)(C(=O)O)C(O)c1ccc(OCc2ccccc2)cc1. The molecule has 0 aliphatic heterocycles. The van der Waals surface area contributed by atoms with E-state index >= 15 is 0 Å². The molecule has 0 amide bonds. The third-order valence-corrected chi connectivity index (χ3v) is 3.83. The fourth-order valence-electron chi connectivity index (χ4n) is 2.36. The van der Waals surface area contributed by atoms with Gasteiger partial charge in [-0.1, -0.05) is 42.5 Å². The number of aliphatic hydroxyl groups is 1. The first kappa shape index (κ1) is 18.0. The van der Waals surface area contributed by atoms with Crippen LogP contribution in [0.2, 0.25) is 0 Å². The molecule has 2 rings (SSSR count). The molecular weight excluding hydrogens is 308 g/mol. The molecule has 5 heteroatoms. The number of aliphatic carboxylic acids is 1. The Morgan fingerprint density at radius 1 is 1.12 bits per heavy atom. The van der Waals surface area contributed by atoms with E-state index in [1.54, 1.807) is 31.2 Å². The Hall–Kier alpha value is -2.37. The maximum Gasteiger partial charge on any atom is 0.338 e. The largest absolute Gasteiger partial charge is 0.489 e. The van der Waals surface area contributed by atoms with Crippen LogP contribution in [-0.4, -0.2) is 28.4 Å². The maximum absolute atomic E-state index is 11.4. The minimum atomic E-state index is -1.69. The van der Waals surface area contributed by atoms with E-state index in [-0.39, 0.29) is 6.61 Å². The van der Waals surface area contributed by atoms with Crippen LogP contribution in [0.4, 0.5) is 0 Å². The molecule has 0 radical (unpaired) electrons. The molecule has 2 N–H and O–H groups in total. The lowest BCUT2D eigenvalue weighted by atomic mass is 9.92. The molecular formula is C19H22O5. The molecule has 0 aliphatic rings. The van der Waals surface area contributed by atoms with Crippen molar-refractivity contribution in [1.82, 2.24) is 0 Å². The number of carbonyl (C=O) groups is 1. The molecule has 0 aliphatic carbocycles. The van der Waals surface area contributed by atoms with Crippen LogP contribution in [0.1, 0.15) is 31.1 Å². The molecule has 0 bridgehead atoms. The Labute approximate surface area is 141 Å². The van der Waals surface area contributed by atoms with Gasteiger partial charge in [-0.2, -0.15) is 0 Å². The molecule has 128 valence electrons. The van der Waals surface area contributed by atoms with E-state index in [0.29, 0.717) is 17.9 Å². The summed E-state index contributed by atoms with van der Waals surface area (Å²) in [7, 11) is 0. The lowest BCUT2D eigenvalue weighted by molar-refractivity contribution is -0.179. The zero-order valence-corrected chi connectivity index (χ0v) is 13.8. The molecule has 5 nitrogen and oxygen atoms in total. The molecule has 0 fully saturated rings. The highest BCUT2D eigenvalue weighted by molar-refractivity contribution is 5.78. The quantitative estimate of drug-likeness (QED) is 0.777. The zero-order chi connectivity index (χ0) is 17.6. The molecule has 2 atom stereocenters. The van der Waals surface area contributed by atoms with Crippen molar-refractivity contribution in [2.45, 2.75) is 32.2 Å². The maximum atomic E-state index is 11.4. The number of aliphatic hydroxyl groups excluding tert-OH is 1. The van der Waals surface area contributed by atoms with Crippen LogP contribution in [-0.2, 0) is 16.1 Å². The Morgan fingerprint density at radius 3 is 2.29 bits per heavy atom. The zero-order valence-electron chi connectivity index (χ0n) is 13.8. The summed E-state index contributed by atoms with van der Waals surface area (Å²) in [6, 6.07) is 16.5. The van der Waals surface area contributed by atoms with Crippen LogP contribution in [0.3, 0.4) is 0 Å². The van der Waals surface area contributed by atoms with Crippen molar-refractivity contribution in [3.05, 3.63) is 65.7 Å². The Kier molecular flexibility index (Phi) is 5.95. The van der Waals surface area contributed by atoms with E-state index in [9.17, 15) is 15.0 Å². The van der Waals surface area contributed by atoms with Gasteiger partial charge >= 0.3 is 5.97 Å². The normalized spacial score (nSPS) is 14.6. The van der Waals surface area contributed by atoms with Gasteiger partial charge in [0.2, 0.25) is 0 Å². The van der Waals surface area contributed by atoms with Gasteiger partial charge < -0.3 is 19.7 Å². The Morgan fingerprint density at radius 2 is 1.75 bits per heavy atom. The molecule has 2 unspecified atom stereocenters. The van der Waals surface area contributed by atoms with E-state index in [1.165, 1.54) is 6.92 Å². The van der Waals surface area contributed by atoms with Crippen LogP contribution in [0.25, 0.3) is 0 Å². The number of rotatable bonds is 8. The Bertz CT molecular complexity index is 653. The first-order chi connectivity index (χ1) is 11.5. The van der Waals surface area contributed by atoms with Crippen molar-refractivity contribution >= 4 is 5.97 Å². The molecule has 0 aromatic heterocycles. The first-order valence-corrected chi connectivity index (χ1v) is 7.79. The van der Waals surface area contributed by atoms with E-state index in [4.69, 9.17) is 9.47 Å². The summed E-state index contributed by atoms with van der Waals surface area (Å²) >= 11 is 0. The summed E-state index contributed by atoms with van der Waals surface area (Å²) in [6.07, 6.45) is -1.28. The van der Waals surface area contributed by atoms with Crippen molar-refractivity contribution in [3.63, 3.8) is 0 Å². The van der Waals surface area contributed by atoms with Gasteiger partial charge in [0.1, 0.15) is 18.5 Å². The van der Waals surface area contributed by atoms with Gasteiger partial charge in [-0.3, -0.25) is 0 Å². The third-order valence-electron chi connectivity index (χ3n) is 3.83. The second-order valence-corrected chi connectivity index (χ2v) is 5.59. The van der Waals surface area contributed by atoms with Crippen LogP contribution in [0.5, 0.6) is 5.75 Å². The van der Waals surface area contributed by atoms with Gasteiger partial charge in [0.05, 0.1) is 0 Å². The van der Waals surface area contributed by atoms with Gasteiger partial charge in [-0.15, -0.1) is 0 Å². The van der Waals surface area contributed by atoms with Crippen molar-refractivity contribution in [2.75, 3.05) is 6.61 Å². The smallest absolute Gasteiger partial charge is 0.338 e. The average Bonchev–Trinajstić information content (AvgIpc) is 2.60. The third kappa shape index (κ3) is 4.13. The fourth-order valence-corrected chi connectivity index (χ4v) is 2.36. The van der Waals surface area contributed by atoms with Gasteiger partial charge in [0.15, 0.2) is 5.60 Å². The van der Waals surface area contributed by atoms with Gasteiger partial charge in [-0.05, 0) is 37.1 Å². The second-order valence-electron chi connectivity index (χ2n) is 5.59. The molecule has 24 heavy (non-hydrogen) atoms. The summed E-state index contributed by atoms with van der Waals surface area (Å²) in [5, 5.41) is 19.7.